The maximum Gasteiger partial charge on any atom is 0.237 e. The Hall–Kier alpha value is -1.16. The lowest BCUT2D eigenvalue weighted by Crippen LogP contribution is -2.38. The molecule has 1 aliphatic carbocycles. The van der Waals surface area contributed by atoms with Gasteiger partial charge in [0.2, 0.25) is 5.91 Å². The topological polar surface area (TPSA) is 29.1 Å². The van der Waals surface area contributed by atoms with Crippen LogP contribution in [0.2, 0.25) is 0 Å². The lowest BCUT2D eigenvalue weighted by Gasteiger charge is -2.23. The minimum atomic E-state index is -0.632. The first-order valence-corrected chi connectivity index (χ1v) is 7.01. The highest BCUT2D eigenvalue weighted by Crippen LogP contribution is 2.64. The highest BCUT2D eigenvalue weighted by atomic mass is 35.5. The molecule has 2 nitrogen and oxygen atoms in total. The van der Waals surface area contributed by atoms with E-state index in [9.17, 15) is 13.6 Å². The number of carbonyl (C=O) groups is 1. The van der Waals surface area contributed by atoms with Crippen LogP contribution in [-0.4, -0.2) is 17.8 Å². The van der Waals surface area contributed by atoms with Crippen LogP contribution in [0.3, 0.4) is 0 Å². The molecule has 0 radical (unpaired) electrons. The zero-order valence-electron chi connectivity index (χ0n) is 11.8. The van der Waals surface area contributed by atoms with E-state index < -0.39 is 22.4 Å². The Balaban J connectivity index is 2.26. The van der Waals surface area contributed by atoms with Crippen molar-refractivity contribution in [1.82, 2.24) is 5.32 Å². The second-order valence-corrected chi connectivity index (χ2v) is 6.76. The normalized spacial score (nSPS) is 25.1. The third-order valence-electron chi connectivity index (χ3n) is 4.29. The molecular formula is C15H18ClF2NO. The van der Waals surface area contributed by atoms with Crippen LogP contribution in [0.4, 0.5) is 8.78 Å². The summed E-state index contributed by atoms with van der Waals surface area (Å²) in [6, 6.07) is 3.60. The number of benzene rings is 1. The number of alkyl halides is 1. The second-order valence-electron chi connectivity index (χ2n) is 6.10. The average Bonchev–Trinajstić information content (AvgIpc) is 2.89. The predicted molar refractivity (Wildman–Crippen MR) is 74.8 cm³/mol. The molecule has 0 spiro atoms. The lowest BCUT2D eigenvalue weighted by atomic mass is 9.87. The van der Waals surface area contributed by atoms with Gasteiger partial charge in [0.05, 0.1) is 0 Å². The molecule has 0 heterocycles. The minimum absolute atomic E-state index is 0.144. The van der Waals surface area contributed by atoms with Gasteiger partial charge < -0.3 is 5.32 Å². The highest BCUT2D eigenvalue weighted by Gasteiger charge is 2.62. The molecule has 0 bridgehead atoms. The van der Waals surface area contributed by atoms with Crippen molar-refractivity contribution in [2.24, 2.45) is 5.41 Å². The molecular weight excluding hydrogens is 284 g/mol. The molecule has 20 heavy (non-hydrogen) atoms. The zero-order valence-corrected chi connectivity index (χ0v) is 12.5. The van der Waals surface area contributed by atoms with Gasteiger partial charge in [-0.3, -0.25) is 4.79 Å². The predicted octanol–water partition coefficient (Wildman–Crippen LogP) is 3.38. The summed E-state index contributed by atoms with van der Waals surface area (Å²) >= 11 is 5.71. The van der Waals surface area contributed by atoms with Gasteiger partial charge in [0.1, 0.15) is 17.0 Å². The fourth-order valence-corrected chi connectivity index (χ4v) is 2.90. The molecule has 110 valence electrons. The van der Waals surface area contributed by atoms with Gasteiger partial charge in [-0.25, -0.2) is 8.78 Å². The van der Waals surface area contributed by atoms with E-state index in [0.29, 0.717) is 12.1 Å². The third kappa shape index (κ3) is 2.53. The van der Waals surface area contributed by atoms with E-state index in [4.69, 9.17) is 11.6 Å². The first-order chi connectivity index (χ1) is 9.19. The number of carbonyl (C=O) groups excluding carboxylic acids is 1. The van der Waals surface area contributed by atoms with Crippen LogP contribution in [0.15, 0.2) is 18.2 Å². The largest absolute Gasteiger partial charge is 0.354 e. The average molecular weight is 302 g/mol. The Labute approximate surface area is 122 Å². The smallest absolute Gasteiger partial charge is 0.237 e. The lowest BCUT2D eigenvalue weighted by molar-refractivity contribution is -0.120. The van der Waals surface area contributed by atoms with Crippen LogP contribution < -0.4 is 5.32 Å². The van der Waals surface area contributed by atoms with E-state index >= 15 is 0 Å². The van der Waals surface area contributed by atoms with E-state index in [0.717, 1.165) is 12.5 Å². The maximum absolute atomic E-state index is 14.0. The quantitative estimate of drug-likeness (QED) is 0.849. The van der Waals surface area contributed by atoms with E-state index in [1.54, 1.807) is 6.92 Å². The van der Waals surface area contributed by atoms with E-state index in [-0.39, 0.29) is 11.3 Å². The summed E-state index contributed by atoms with van der Waals surface area (Å²) in [4.78, 5) is 11.6. The number of hydrogen-bond acceptors (Lipinski definition) is 1. The SMILES string of the molecule is CC(Cl)C(=O)NCC1(c2ccc(F)cc2F)CC1(C)C. The highest BCUT2D eigenvalue weighted by molar-refractivity contribution is 6.30. The monoisotopic (exact) mass is 301 g/mol. The fourth-order valence-electron chi connectivity index (χ4n) is 2.82. The first-order valence-electron chi connectivity index (χ1n) is 6.57. The van der Waals surface area contributed by atoms with Crippen LogP contribution >= 0.6 is 11.6 Å². The van der Waals surface area contributed by atoms with E-state index in [1.165, 1.54) is 12.1 Å². The summed E-state index contributed by atoms with van der Waals surface area (Å²) in [5.74, 6) is -1.45. The van der Waals surface area contributed by atoms with Gasteiger partial charge in [-0.1, -0.05) is 19.9 Å². The fraction of sp³-hybridized carbons (Fsp3) is 0.533. The standard InChI is InChI=1S/C15H18ClF2NO/c1-9(16)13(20)19-8-15(7-14(15,2)3)11-5-4-10(17)6-12(11)18/h4-6,9H,7-8H2,1-3H3,(H,19,20). The third-order valence-corrected chi connectivity index (χ3v) is 4.48. The maximum atomic E-state index is 14.0. The summed E-state index contributed by atoms with van der Waals surface area (Å²) in [5.41, 5.74) is -0.188. The van der Waals surface area contributed by atoms with E-state index in [1.807, 2.05) is 13.8 Å². The summed E-state index contributed by atoms with van der Waals surface area (Å²) in [6.45, 7) is 5.90. The van der Waals surface area contributed by atoms with Crippen LogP contribution in [0.25, 0.3) is 0 Å². The van der Waals surface area contributed by atoms with Gasteiger partial charge >= 0.3 is 0 Å². The summed E-state index contributed by atoms with van der Waals surface area (Å²) in [7, 11) is 0. The van der Waals surface area contributed by atoms with Crippen molar-refractivity contribution in [3.8, 4) is 0 Å². The summed E-state index contributed by atoms with van der Waals surface area (Å²) in [6.07, 6.45) is 0.736. The molecule has 1 aromatic carbocycles. The number of nitrogens with one attached hydrogen (secondary N) is 1. The number of rotatable bonds is 4. The van der Waals surface area contributed by atoms with Crippen molar-refractivity contribution >= 4 is 17.5 Å². The van der Waals surface area contributed by atoms with Gasteiger partial charge in [0.25, 0.3) is 0 Å². The summed E-state index contributed by atoms with van der Waals surface area (Å²) in [5, 5.41) is 2.12. The molecule has 1 aliphatic rings. The van der Waals surface area contributed by atoms with Crippen LogP contribution in [0, 0.1) is 17.0 Å². The van der Waals surface area contributed by atoms with Crippen molar-refractivity contribution in [1.29, 1.82) is 0 Å². The van der Waals surface area contributed by atoms with Crippen molar-refractivity contribution in [2.45, 2.75) is 38.0 Å². The Kier molecular flexibility index (Phi) is 3.80. The first kappa shape index (κ1) is 15.2. The molecule has 1 N–H and O–H groups in total. The van der Waals surface area contributed by atoms with Crippen molar-refractivity contribution in [2.75, 3.05) is 6.54 Å². The molecule has 0 aliphatic heterocycles. The second kappa shape index (κ2) is 4.99. The van der Waals surface area contributed by atoms with Gasteiger partial charge in [-0.2, -0.15) is 0 Å². The van der Waals surface area contributed by atoms with Crippen LogP contribution in [-0.2, 0) is 10.2 Å². The Morgan fingerprint density at radius 2 is 2.05 bits per heavy atom. The molecule has 0 aromatic heterocycles. The number of hydrogen-bond donors (Lipinski definition) is 1. The van der Waals surface area contributed by atoms with Gasteiger partial charge in [-0.15, -0.1) is 11.6 Å². The van der Waals surface area contributed by atoms with Gasteiger partial charge in [0.15, 0.2) is 0 Å². The Morgan fingerprint density at radius 3 is 2.50 bits per heavy atom. The molecule has 1 fully saturated rings. The molecule has 1 amide bonds. The van der Waals surface area contributed by atoms with Crippen LogP contribution in [0.1, 0.15) is 32.8 Å². The number of halogens is 3. The van der Waals surface area contributed by atoms with Gasteiger partial charge in [-0.05, 0) is 30.4 Å². The molecule has 2 unspecified atom stereocenters. The minimum Gasteiger partial charge on any atom is -0.354 e. The van der Waals surface area contributed by atoms with Crippen LogP contribution in [0.5, 0.6) is 0 Å². The summed E-state index contributed by atoms with van der Waals surface area (Å²) < 4.78 is 27.1. The molecule has 2 rings (SSSR count). The molecule has 2 atom stereocenters. The molecule has 1 aromatic rings. The Morgan fingerprint density at radius 1 is 1.45 bits per heavy atom. The van der Waals surface area contributed by atoms with Gasteiger partial charge in [0, 0.05) is 18.0 Å². The zero-order chi connectivity index (χ0) is 15.1. The van der Waals surface area contributed by atoms with Crippen molar-refractivity contribution < 1.29 is 13.6 Å². The molecule has 0 saturated heterocycles. The van der Waals surface area contributed by atoms with Crippen molar-refractivity contribution in [3.05, 3.63) is 35.4 Å². The molecule has 5 heteroatoms. The number of amides is 1. The van der Waals surface area contributed by atoms with Crippen molar-refractivity contribution in [3.63, 3.8) is 0 Å². The Bertz CT molecular complexity index is 545. The molecule has 1 saturated carbocycles. The van der Waals surface area contributed by atoms with E-state index in [2.05, 4.69) is 5.32 Å².